The van der Waals surface area contributed by atoms with Gasteiger partial charge in [-0.1, -0.05) is 88.2 Å². The zero-order chi connectivity index (χ0) is 15.6. The second-order valence-corrected chi connectivity index (χ2v) is 7.71. The van der Waals surface area contributed by atoms with Gasteiger partial charge in [-0.05, 0) is 40.9 Å². The molecule has 3 rings (SSSR count). The first kappa shape index (κ1) is 15.3. The third kappa shape index (κ3) is 3.80. The number of rotatable bonds is 5. The van der Waals surface area contributed by atoms with E-state index in [2.05, 4.69) is 75.4 Å². The van der Waals surface area contributed by atoms with Crippen LogP contribution >= 0.6 is 0 Å². The van der Waals surface area contributed by atoms with Gasteiger partial charge in [-0.25, -0.2) is 0 Å². The summed E-state index contributed by atoms with van der Waals surface area (Å²) in [6.45, 7) is 6.97. The molecule has 0 nitrogen and oxygen atoms in total. The number of benzene rings is 2. The molecule has 22 heavy (non-hydrogen) atoms. The van der Waals surface area contributed by atoms with E-state index in [4.69, 9.17) is 0 Å². The molecular formula is C22H27. The largest absolute Gasteiger partial charge is 0.0622 e. The van der Waals surface area contributed by atoms with Gasteiger partial charge in [0.1, 0.15) is 0 Å². The average molecular weight is 291 g/mol. The smallest absolute Gasteiger partial charge is 0.00990 e. The predicted octanol–water partition coefficient (Wildman–Crippen LogP) is 5.95. The first-order chi connectivity index (χ1) is 10.5. The van der Waals surface area contributed by atoms with Gasteiger partial charge in [0.25, 0.3) is 0 Å². The van der Waals surface area contributed by atoms with Gasteiger partial charge in [0.15, 0.2) is 0 Å². The molecule has 0 aliphatic heterocycles. The quantitative estimate of drug-likeness (QED) is 0.638. The van der Waals surface area contributed by atoms with Crippen molar-refractivity contribution >= 4 is 0 Å². The molecule has 0 spiro atoms. The summed E-state index contributed by atoms with van der Waals surface area (Å²) < 4.78 is 0. The van der Waals surface area contributed by atoms with Crippen LogP contribution in [-0.2, 0) is 11.8 Å². The SMILES string of the molecule is CC(C)(C)c1ccccc1[C](Cc1ccccc1)CC1CC1. The number of hydrogen-bond acceptors (Lipinski definition) is 0. The Labute approximate surface area is 135 Å². The fraction of sp³-hybridized carbons (Fsp3) is 0.409. The fourth-order valence-electron chi connectivity index (χ4n) is 3.24. The maximum atomic E-state index is 2.33. The van der Waals surface area contributed by atoms with Crippen molar-refractivity contribution in [2.24, 2.45) is 5.92 Å². The van der Waals surface area contributed by atoms with E-state index in [-0.39, 0.29) is 5.41 Å². The Balaban J connectivity index is 1.92. The molecule has 0 atom stereocenters. The molecular weight excluding hydrogens is 264 g/mol. The minimum absolute atomic E-state index is 0.197. The van der Waals surface area contributed by atoms with Crippen LogP contribution < -0.4 is 0 Å². The highest BCUT2D eigenvalue weighted by molar-refractivity contribution is 5.44. The summed E-state index contributed by atoms with van der Waals surface area (Å²) in [4.78, 5) is 0. The van der Waals surface area contributed by atoms with E-state index in [9.17, 15) is 0 Å². The summed E-state index contributed by atoms with van der Waals surface area (Å²) in [5.74, 6) is 2.55. The lowest BCUT2D eigenvalue weighted by Crippen LogP contribution is -2.18. The van der Waals surface area contributed by atoms with Gasteiger partial charge >= 0.3 is 0 Å². The maximum absolute atomic E-state index is 2.33. The summed E-state index contributed by atoms with van der Waals surface area (Å²) in [6.07, 6.45) is 5.18. The highest BCUT2D eigenvalue weighted by Gasteiger charge is 2.29. The van der Waals surface area contributed by atoms with E-state index < -0.39 is 0 Å². The van der Waals surface area contributed by atoms with Crippen molar-refractivity contribution in [3.05, 3.63) is 77.2 Å². The van der Waals surface area contributed by atoms with Crippen LogP contribution in [-0.4, -0.2) is 0 Å². The molecule has 0 heteroatoms. The first-order valence-electron chi connectivity index (χ1n) is 8.52. The molecule has 0 N–H and O–H groups in total. The van der Waals surface area contributed by atoms with Crippen LogP contribution in [0.1, 0.15) is 56.7 Å². The molecule has 0 heterocycles. The van der Waals surface area contributed by atoms with E-state index in [1.165, 1.54) is 36.0 Å². The van der Waals surface area contributed by atoms with Crippen molar-refractivity contribution in [3.8, 4) is 0 Å². The zero-order valence-electron chi connectivity index (χ0n) is 14.1. The third-order valence-corrected chi connectivity index (χ3v) is 4.61. The van der Waals surface area contributed by atoms with Crippen molar-refractivity contribution in [3.63, 3.8) is 0 Å². The molecule has 0 amide bonds. The van der Waals surface area contributed by atoms with Gasteiger partial charge in [0.2, 0.25) is 0 Å². The number of hydrogen-bond donors (Lipinski definition) is 0. The standard InChI is InChI=1S/C22H27/c1-22(2,3)21-12-8-7-11-20(21)19(16-18-13-14-18)15-17-9-5-4-6-10-17/h4-12,18H,13-16H2,1-3H3. The van der Waals surface area contributed by atoms with Crippen LogP contribution in [0.2, 0.25) is 0 Å². The predicted molar refractivity (Wildman–Crippen MR) is 95.0 cm³/mol. The van der Waals surface area contributed by atoms with E-state index in [1.807, 2.05) is 0 Å². The Morgan fingerprint density at radius 2 is 1.55 bits per heavy atom. The highest BCUT2D eigenvalue weighted by atomic mass is 14.3. The van der Waals surface area contributed by atoms with E-state index >= 15 is 0 Å². The van der Waals surface area contributed by atoms with Crippen LogP contribution in [0, 0.1) is 11.8 Å². The summed E-state index contributed by atoms with van der Waals surface area (Å²) in [5, 5.41) is 0. The van der Waals surface area contributed by atoms with Crippen molar-refractivity contribution in [1.82, 2.24) is 0 Å². The second kappa shape index (κ2) is 6.28. The molecule has 2 aromatic carbocycles. The van der Waals surface area contributed by atoms with E-state index in [0.717, 1.165) is 12.3 Å². The molecule has 115 valence electrons. The first-order valence-corrected chi connectivity index (χ1v) is 8.52. The molecule has 0 saturated heterocycles. The molecule has 2 aromatic rings. The lowest BCUT2D eigenvalue weighted by molar-refractivity contribution is 0.579. The molecule has 1 aliphatic carbocycles. The van der Waals surface area contributed by atoms with E-state index in [0.29, 0.717) is 0 Å². The topological polar surface area (TPSA) is 0 Å². The average Bonchev–Trinajstić information content (AvgIpc) is 3.31. The lowest BCUT2D eigenvalue weighted by Gasteiger charge is -2.27. The molecule has 0 aromatic heterocycles. The molecule has 1 fully saturated rings. The monoisotopic (exact) mass is 291 g/mol. The highest BCUT2D eigenvalue weighted by Crippen LogP contribution is 2.41. The van der Waals surface area contributed by atoms with Gasteiger partial charge < -0.3 is 0 Å². The third-order valence-electron chi connectivity index (χ3n) is 4.61. The Morgan fingerprint density at radius 1 is 0.909 bits per heavy atom. The van der Waals surface area contributed by atoms with Crippen LogP contribution in [0.25, 0.3) is 0 Å². The summed E-state index contributed by atoms with van der Waals surface area (Å²) in [7, 11) is 0. The van der Waals surface area contributed by atoms with Crippen LogP contribution in [0.5, 0.6) is 0 Å². The maximum Gasteiger partial charge on any atom is 0.00990 e. The van der Waals surface area contributed by atoms with Crippen molar-refractivity contribution in [2.75, 3.05) is 0 Å². The summed E-state index contributed by atoms with van der Waals surface area (Å²) in [6, 6.07) is 19.9. The molecule has 1 saturated carbocycles. The summed E-state index contributed by atoms with van der Waals surface area (Å²) in [5.41, 5.74) is 4.61. The van der Waals surface area contributed by atoms with Gasteiger partial charge in [-0.2, -0.15) is 0 Å². The van der Waals surface area contributed by atoms with Gasteiger partial charge in [-0.3, -0.25) is 0 Å². The van der Waals surface area contributed by atoms with Crippen molar-refractivity contribution in [1.29, 1.82) is 0 Å². The minimum atomic E-state index is 0.197. The lowest BCUT2D eigenvalue weighted by atomic mass is 9.77. The van der Waals surface area contributed by atoms with Gasteiger partial charge in [-0.15, -0.1) is 0 Å². The molecule has 0 bridgehead atoms. The van der Waals surface area contributed by atoms with Crippen LogP contribution in [0.4, 0.5) is 0 Å². The van der Waals surface area contributed by atoms with Gasteiger partial charge in [0, 0.05) is 5.92 Å². The molecule has 1 radical (unpaired) electrons. The van der Waals surface area contributed by atoms with Crippen molar-refractivity contribution < 1.29 is 0 Å². The van der Waals surface area contributed by atoms with Crippen LogP contribution in [0.3, 0.4) is 0 Å². The Bertz CT molecular complexity index is 599. The van der Waals surface area contributed by atoms with Crippen LogP contribution in [0.15, 0.2) is 54.6 Å². The Kier molecular flexibility index (Phi) is 4.38. The van der Waals surface area contributed by atoms with E-state index in [1.54, 1.807) is 5.92 Å². The van der Waals surface area contributed by atoms with Gasteiger partial charge in [0.05, 0.1) is 0 Å². The Morgan fingerprint density at radius 3 is 2.18 bits per heavy atom. The normalized spacial score (nSPS) is 15.3. The fourth-order valence-corrected chi connectivity index (χ4v) is 3.24. The summed E-state index contributed by atoms with van der Waals surface area (Å²) >= 11 is 0. The second-order valence-electron chi connectivity index (χ2n) is 7.71. The minimum Gasteiger partial charge on any atom is -0.0622 e. The Hall–Kier alpha value is -1.56. The molecule has 0 unspecified atom stereocenters. The van der Waals surface area contributed by atoms with Crippen molar-refractivity contribution in [2.45, 2.75) is 51.9 Å². The molecule has 1 aliphatic rings. The zero-order valence-corrected chi connectivity index (χ0v) is 14.1.